The molecule has 0 saturated heterocycles. The number of hydrogen-bond donors (Lipinski definition) is 1. The second kappa shape index (κ2) is 30.6. The summed E-state index contributed by atoms with van der Waals surface area (Å²) in [6, 6.07) is 41.5. The largest absolute Gasteiger partial charge is 0.508 e. The van der Waals surface area contributed by atoms with E-state index in [1.807, 2.05) is 24.3 Å². The van der Waals surface area contributed by atoms with Crippen LogP contribution in [0.4, 0.5) is 0 Å². The maximum Gasteiger partial charge on any atom is 0.119 e. The molecule has 5 aromatic carbocycles. The number of methoxy groups -OCH3 is 2. The van der Waals surface area contributed by atoms with Crippen molar-refractivity contribution in [3.05, 3.63) is 175 Å². The van der Waals surface area contributed by atoms with E-state index in [9.17, 15) is 0 Å². The summed E-state index contributed by atoms with van der Waals surface area (Å²) in [6.07, 6.45) is 9.75. The van der Waals surface area contributed by atoms with E-state index in [-0.39, 0.29) is 0 Å². The number of rotatable bonds is 21. The Balaban J connectivity index is 0.000000335. The van der Waals surface area contributed by atoms with E-state index in [0.29, 0.717) is 41.9 Å². The summed E-state index contributed by atoms with van der Waals surface area (Å²) in [5, 5.41) is 9.01. The first kappa shape index (κ1) is 52.7. The molecule has 0 fully saturated rings. The van der Waals surface area contributed by atoms with E-state index in [0.717, 1.165) is 68.1 Å². The van der Waals surface area contributed by atoms with Crippen LogP contribution in [0.1, 0.15) is 151 Å². The third-order valence-electron chi connectivity index (χ3n) is 11.5. The lowest BCUT2D eigenvalue weighted by Crippen LogP contribution is -2.04. The van der Waals surface area contributed by atoms with Gasteiger partial charge in [0.25, 0.3) is 0 Å². The topological polar surface area (TPSA) is 57.2 Å². The zero-order valence-corrected chi connectivity index (χ0v) is 39.6. The molecule has 5 rings (SSSR count). The number of aromatic hydroxyl groups is 1. The van der Waals surface area contributed by atoms with Gasteiger partial charge in [-0.3, -0.25) is 0 Å². The van der Waals surface area contributed by atoms with Crippen LogP contribution in [0.15, 0.2) is 147 Å². The van der Waals surface area contributed by atoms with Gasteiger partial charge in [-0.15, -0.1) is 13.2 Å². The molecule has 0 radical (unpaired) electrons. The van der Waals surface area contributed by atoms with Crippen LogP contribution in [-0.2, 0) is 0 Å². The van der Waals surface area contributed by atoms with Crippen molar-refractivity contribution in [3.8, 4) is 28.7 Å². The van der Waals surface area contributed by atoms with Crippen molar-refractivity contribution in [2.75, 3.05) is 27.4 Å². The lowest BCUT2D eigenvalue weighted by Gasteiger charge is -2.21. The van der Waals surface area contributed by atoms with Gasteiger partial charge in [-0.05, 0) is 157 Å². The van der Waals surface area contributed by atoms with E-state index in [2.05, 4.69) is 153 Å². The molecule has 336 valence electrons. The van der Waals surface area contributed by atoms with Crippen molar-refractivity contribution in [3.63, 3.8) is 0 Å². The summed E-state index contributed by atoms with van der Waals surface area (Å²) >= 11 is 0. The van der Waals surface area contributed by atoms with Gasteiger partial charge in [-0.1, -0.05) is 128 Å². The molecule has 5 nitrogen and oxygen atoms in total. The predicted molar refractivity (Wildman–Crippen MR) is 265 cm³/mol. The van der Waals surface area contributed by atoms with Crippen LogP contribution in [-0.4, -0.2) is 32.5 Å². The Labute approximate surface area is 376 Å². The molecular weight excluding hydrogens is 765 g/mol. The second-order valence-electron chi connectivity index (χ2n) is 15.9. The molecule has 0 saturated carbocycles. The molecule has 0 spiro atoms. The average molecular weight is 843 g/mol. The highest BCUT2D eigenvalue weighted by Gasteiger charge is 2.17. The van der Waals surface area contributed by atoms with E-state index in [1.54, 1.807) is 32.4 Å². The number of hydrogen-bond acceptors (Lipinski definition) is 5. The average Bonchev–Trinajstić information content (AvgIpc) is 3.33. The molecule has 0 heterocycles. The van der Waals surface area contributed by atoms with Crippen molar-refractivity contribution in [1.82, 2.24) is 0 Å². The molecule has 0 aliphatic rings. The summed E-state index contributed by atoms with van der Waals surface area (Å²) in [5.41, 5.74) is 6.82. The smallest absolute Gasteiger partial charge is 0.119 e. The zero-order chi connectivity index (χ0) is 45.7. The molecule has 0 aliphatic heterocycles. The molecule has 0 aromatic heterocycles. The van der Waals surface area contributed by atoms with Crippen LogP contribution in [0.3, 0.4) is 0 Å². The van der Waals surface area contributed by atoms with Crippen LogP contribution < -0.4 is 18.9 Å². The number of unbranched alkanes of at least 4 members (excludes halogenated alkanes) is 1. The van der Waals surface area contributed by atoms with Crippen LogP contribution in [0.5, 0.6) is 28.7 Å². The molecule has 5 aromatic rings. The number of ether oxygens (including phenoxy) is 4. The lowest BCUT2D eigenvalue weighted by molar-refractivity contribution is 0.309. The minimum Gasteiger partial charge on any atom is -0.508 e. The van der Waals surface area contributed by atoms with Gasteiger partial charge in [-0.2, -0.15) is 0 Å². The highest BCUT2D eigenvalue weighted by Crippen LogP contribution is 2.35. The number of phenols is 1. The Morgan fingerprint density at radius 3 is 1.19 bits per heavy atom. The monoisotopic (exact) mass is 843 g/mol. The van der Waals surface area contributed by atoms with Crippen molar-refractivity contribution in [1.29, 1.82) is 0 Å². The standard InChI is InChI=1S/C23H32O2.C22H28O2.C10H14O.C2H4/c1-5-7-16-25-23-14-10-21(11-15-23)19(6-2)17-18(3)20-8-12-22(24-4)13-9-20;1-5-15-24-22-13-9-20(10-14-22)18(6-2)16-17(3)19-7-11-21(23-4)12-8-19;1-3-8(2)9-4-6-10(11)7-5-9;1-2/h8-15,18-19H,5-7,16-17H2,1-4H3;5,7-14,17-18H,1,6,15-16H2,2-4H3;4-8,11H,3H2,1-2H3;1-2H2. The fraction of sp³-hybridized carbons (Fsp3) is 0.404. The Bertz CT molecular complexity index is 1870. The minimum atomic E-state index is 0.344. The fourth-order valence-corrected chi connectivity index (χ4v) is 7.27. The Morgan fingerprint density at radius 2 is 0.839 bits per heavy atom. The van der Waals surface area contributed by atoms with E-state index in [1.165, 1.54) is 34.2 Å². The number of benzene rings is 5. The minimum absolute atomic E-state index is 0.344. The van der Waals surface area contributed by atoms with Crippen molar-refractivity contribution < 1.29 is 24.1 Å². The SMILES string of the molecule is C=C.C=CCOc1ccc(C(CC)CC(C)c2ccc(OC)cc2)cc1.CCC(C)c1ccc(O)cc1.CCCCOc1ccc(C(CC)CC(C)c2ccc(OC)cc2)cc1. The summed E-state index contributed by atoms with van der Waals surface area (Å²) in [5.74, 6) is 6.81. The van der Waals surface area contributed by atoms with E-state index < -0.39 is 0 Å². The molecule has 0 amide bonds. The first-order valence-corrected chi connectivity index (χ1v) is 22.7. The molecular formula is C57H78O5. The quantitative estimate of drug-likeness (QED) is 0.0589. The third kappa shape index (κ3) is 18.7. The van der Waals surface area contributed by atoms with Gasteiger partial charge in [0.15, 0.2) is 0 Å². The van der Waals surface area contributed by atoms with Crippen molar-refractivity contribution in [2.45, 2.75) is 123 Å². The molecule has 1 N–H and O–H groups in total. The van der Waals surface area contributed by atoms with Gasteiger partial charge in [-0.25, -0.2) is 0 Å². The third-order valence-corrected chi connectivity index (χ3v) is 11.5. The molecule has 5 atom stereocenters. The fourth-order valence-electron chi connectivity index (χ4n) is 7.27. The van der Waals surface area contributed by atoms with Crippen molar-refractivity contribution in [2.24, 2.45) is 0 Å². The summed E-state index contributed by atoms with van der Waals surface area (Å²) < 4.78 is 21.8. The van der Waals surface area contributed by atoms with Crippen LogP contribution >= 0.6 is 0 Å². The van der Waals surface area contributed by atoms with Gasteiger partial charge >= 0.3 is 0 Å². The van der Waals surface area contributed by atoms with Gasteiger partial charge in [0.1, 0.15) is 35.4 Å². The first-order chi connectivity index (χ1) is 30.1. The normalized spacial score (nSPS) is 12.8. The van der Waals surface area contributed by atoms with Gasteiger partial charge in [0.2, 0.25) is 0 Å². The maximum absolute atomic E-state index is 9.01. The highest BCUT2D eigenvalue weighted by atomic mass is 16.5. The number of phenolic OH excluding ortho intramolecular Hbond substituents is 1. The molecule has 0 bridgehead atoms. The van der Waals surface area contributed by atoms with Crippen LogP contribution in [0, 0.1) is 0 Å². The molecule has 0 aliphatic carbocycles. The van der Waals surface area contributed by atoms with Crippen LogP contribution in [0.25, 0.3) is 0 Å². The summed E-state index contributed by atoms with van der Waals surface area (Å²) in [7, 11) is 3.41. The van der Waals surface area contributed by atoms with Gasteiger partial charge < -0.3 is 24.1 Å². The lowest BCUT2D eigenvalue weighted by atomic mass is 9.84. The summed E-state index contributed by atoms with van der Waals surface area (Å²) in [4.78, 5) is 0. The maximum atomic E-state index is 9.01. The van der Waals surface area contributed by atoms with Crippen molar-refractivity contribution >= 4 is 0 Å². The molecule has 62 heavy (non-hydrogen) atoms. The first-order valence-electron chi connectivity index (χ1n) is 22.7. The second-order valence-corrected chi connectivity index (χ2v) is 15.9. The van der Waals surface area contributed by atoms with E-state index >= 15 is 0 Å². The van der Waals surface area contributed by atoms with Gasteiger partial charge in [0.05, 0.1) is 20.8 Å². The summed E-state index contributed by atoms with van der Waals surface area (Å²) in [6.45, 7) is 26.7. The highest BCUT2D eigenvalue weighted by molar-refractivity contribution is 5.34. The Morgan fingerprint density at radius 1 is 0.484 bits per heavy atom. The molecule has 5 unspecified atom stereocenters. The Hall–Kier alpha value is -5.42. The van der Waals surface area contributed by atoms with Crippen LogP contribution in [0.2, 0.25) is 0 Å². The van der Waals surface area contributed by atoms with E-state index in [4.69, 9.17) is 24.1 Å². The predicted octanol–water partition coefficient (Wildman–Crippen LogP) is 16.2. The zero-order valence-electron chi connectivity index (χ0n) is 39.6. The molecule has 5 heteroatoms. The Kier molecular flexibility index (Phi) is 26.0. The van der Waals surface area contributed by atoms with Gasteiger partial charge in [0, 0.05) is 0 Å².